The van der Waals surface area contributed by atoms with Gasteiger partial charge in [0.2, 0.25) is 5.91 Å². The zero-order valence-corrected chi connectivity index (χ0v) is 71.1. The first-order valence-corrected chi connectivity index (χ1v) is 36.4. The zero-order valence-electron chi connectivity index (χ0n) is 67.1. The summed E-state index contributed by atoms with van der Waals surface area (Å²) in [6.45, 7) is 35.0. The number of hydrogen-bond donors (Lipinski definition) is 5. The number of hydrogen-bond acceptors (Lipinski definition) is 19. The number of ketones is 2. The summed E-state index contributed by atoms with van der Waals surface area (Å²) >= 11 is 0. The predicted octanol–water partition coefficient (Wildman–Crippen LogP) is 4.35. The summed E-state index contributed by atoms with van der Waals surface area (Å²) in [5.41, 5.74) is 9.29. The number of carbonyl (C=O) groups is 11. The molecule has 4 rings (SSSR count). The summed E-state index contributed by atoms with van der Waals surface area (Å²) in [5, 5.41) is 59.9. The van der Waals surface area contributed by atoms with Crippen molar-refractivity contribution >= 4 is 65.2 Å². The van der Waals surface area contributed by atoms with E-state index in [-0.39, 0.29) is 160 Å². The predicted molar refractivity (Wildman–Crippen MR) is 405 cm³/mol. The van der Waals surface area contributed by atoms with Crippen molar-refractivity contribution in [3.8, 4) is 0 Å². The van der Waals surface area contributed by atoms with Crippen LogP contribution >= 0.6 is 0 Å². The van der Waals surface area contributed by atoms with E-state index in [1.165, 1.54) is 32.1 Å². The monoisotopic (exact) mass is 1520 g/mol. The maximum absolute atomic E-state index is 12.2. The first-order chi connectivity index (χ1) is 49.9. The Morgan fingerprint density at radius 2 is 0.620 bits per heavy atom. The maximum atomic E-state index is 12.2. The minimum absolute atomic E-state index is 0. The first kappa shape index (κ1) is 105. The largest absolute Gasteiger partial charge is 1.00 e. The Labute approximate surface area is 685 Å². The number of carboxylic acid groups (broad SMARTS) is 6. The smallest absolute Gasteiger partial charge is 0.549 e. The molecule has 24 nitrogen and oxygen atoms in total. The molecule has 0 fully saturated rings. The fourth-order valence-corrected chi connectivity index (χ4v) is 9.97. The third kappa shape index (κ3) is 50.5. The Morgan fingerprint density at radius 1 is 0.389 bits per heavy atom. The Morgan fingerprint density at radius 3 is 0.815 bits per heavy atom. The number of nitrogens with zero attached hydrogens (tertiary/aromatic N) is 4. The standard InChI is InChI=1S/2C22H31NO5.2C15H21NO4.C8H17NO.2Na/c2*1-5-17(4)19-10-8-18(9-11-19)13-23(15-21(25)26)14-20(24)7-6-12-28-22(27)16(2)3;2*1-3-11(2)13-6-4-12(5-7-13)8-16(9-14(17)18)10-15(19)20;1-5-7(4)8(10)9-6(2)3;;/h2*8-11,17H,2,5-7,12-15H2,1,3-4H3,(H,25,26);2*4-7,11H,3,8-10H2,1-2H3,(H,17,18)(H,19,20);6-7H,5H2,1-4H3,(H,9,10);;/q;;;;;2*+1/p-2. The molecule has 5 N–H and O–H groups in total. The van der Waals surface area contributed by atoms with Crippen LogP contribution in [0.1, 0.15) is 223 Å². The van der Waals surface area contributed by atoms with E-state index >= 15 is 0 Å². The molecular formula is C82H119N5Na2O19. The van der Waals surface area contributed by atoms with Crippen molar-refractivity contribution in [2.75, 3.05) is 65.6 Å². The Hall–Kier alpha value is -7.23. The molecule has 0 spiro atoms. The van der Waals surface area contributed by atoms with Gasteiger partial charge in [-0.3, -0.25) is 53.2 Å². The van der Waals surface area contributed by atoms with Crippen LogP contribution in [0, 0.1) is 5.92 Å². The zero-order chi connectivity index (χ0) is 80.6. The van der Waals surface area contributed by atoms with Crippen LogP contribution in [-0.2, 0) is 88.4 Å². The van der Waals surface area contributed by atoms with Crippen LogP contribution < -0.4 is 74.6 Å². The topological polar surface area (TPSA) is 358 Å². The molecule has 0 bridgehead atoms. The Balaban J connectivity index is -0.00000131. The summed E-state index contributed by atoms with van der Waals surface area (Å²) in [6.07, 6.45) is 6.40. The van der Waals surface area contributed by atoms with E-state index < -0.39 is 60.8 Å². The van der Waals surface area contributed by atoms with Gasteiger partial charge in [-0.2, -0.15) is 0 Å². The van der Waals surface area contributed by atoms with Crippen LogP contribution in [0.25, 0.3) is 0 Å². The van der Waals surface area contributed by atoms with E-state index in [0.717, 1.165) is 54.4 Å². The van der Waals surface area contributed by atoms with Gasteiger partial charge in [-0.1, -0.05) is 179 Å². The van der Waals surface area contributed by atoms with E-state index in [2.05, 4.69) is 98.1 Å². The third-order valence-corrected chi connectivity index (χ3v) is 17.1. The molecule has 1 amide bonds. The number of benzene rings is 4. The molecular weight excluding hydrogens is 1400 g/mol. The van der Waals surface area contributed by atoms with Gasteiger partial charge in [0, 0.05) is 75.2 Å². The molecule has 0 heterocycles. The van der Waals surface area contributed by atoms with Crippen molar-refractivity contribution in [2.24, 2.45) is 5.92 Å². The normalized spacial score (nSPS) is 12.0. The van der Waals surface area contributed by atoms with E-state index in [1.807, 2.05) is 100 Å². The number of Topliss-reactive ketones (excluding diaryl/α,β-unsaturated/α-hetero) is 2. The second-order valence-corrected chi connectivity index (χ2v) is 27.2. The van der Waals surface area contributed by atoms with Gasteiger partial charge in [0.1, 0.15) is 11.6 Å². The number of carbonyl (C=O) groups excluding carboxylic acids is 7. The van der Waals surface area contributed by atoms with Gasteiger partial charge in [0.25, 0.3) is 0 Å². The van der Waals surface area contributed by atoms with Gasteiger partial charge in [-0.25, -0.2) is 9.59 Å². The minimum atomic E-state index is -1.30. The number of nitrogens with one attached hydrogen (secondary N) is 1. The molecule has 5 atom stereocenters. The molecule has 0 radical (unpaired) electrons. The number of ether oxygens (including phenoxy) is 2. The molecule has 588 valence electrons. The molecule has 0 saturated heterocycles. The molecule has 4 aromatic carbocycles. The van der Waals surface area contributed by atoms with Gasteiger partial charge >= 0.3 is 94.9 Å². The Bertz CT molecular complexity index is 3130. The molecule has 0 aromatic heterocycles. The van der Waals surface area contributed by atoms with Crippen LogP contribution in [0.4, 0.5) is 0 Å². The van der Waals surface area contributed by atoms with Crippen LogP contribution in [0.2, 0.25) is 0 Å². The fourth-order valence-electron chi connectivity index (χ4n) is 9.97. The molecule has 4 aromatic rings. The van der Waals surface area contributed by atoms with E-state index in [1.54, 1.807) is 23.6 Å². The number of esters is 2. The summed E-state index contributed by atoms with van der Waals surface area (Å²) in [4.78, 5) is 129. The van der Waals surface area contributed by atoms with Crippen molar-refractivity contribution < 1.29 is 152 Å². The summed E-state index contributed by atoms with van der Waals surface area (Å²) in [7, 11) is 0. The molecule has 0 aliphatic rings. The average molecular weight is 1520 g/mol. The Kier molecular flexibility index (Phi) is 57.9. The minimum Gasteiger partial charge on any atom is -0.549 e. The van der Waals surface area contributed by atoms with E-state index in [9.17, 15) is 63.0 Å². The van der Waals surface area contributed by atoms with Gasteiger partial charge in [0.15, 0.2) is 0 Å². The molecule has 5 unspecified atom stereocenters. The van der Waals surface area contributed by atoms with Crippen LogP contribution in [0.3, 0.4) is 0 Å². The van der Waals surface area contributed by atoms with Crippen molar-refractivity contribution in [3.05, 3.63) is 166 Å². The summed E-state index contributed by atoms with van der Waals surface area (Å²) in [6, 6.07) is 32.1. The second kappa shape index (κ2) is 59.6. The first-order valence-electron chi connectivity index (χ1n) is 36.4. The number of rotatable bonds is 45. The number of aliphatic carboxylic acids is 6. The van der Waals surface area contributed by atoms with Crippen LogP contribution in [-0.4, -0.2) is 177 Å². The maximum Gasteiger partial charge on any atom is 1.00 e. The van der Waals surface area contributed by atoms with Crippen molar-refractivity contribution in [1.82, 2.24) is 24.9 Å². The van der Waals surface area contributed by atoms with Crippen molar-refractivity contribution in [1.29, 1.82) is 0 Å². The number of amides is 1. The second-order valence-electron chi connectivity index (χ2n) is 27.2. The molecule has 0 aliphatic heterocycles. The number of carboxylic acids is 6. The van der Waals surface area contributed by atoms with Gasteiger partial charge in [-0.05, 0) is 141 Å². The summed E-state index contributed by atoms with van der Waals surface area (Å²) in [5.74, 6) is -5.48. The molecule has 26 heteroatoms. The quantitative estimate of drug-likeness (QED) is 0.0178. The fraction of sp³-hybridized carbons (Fsp3) is 0.524. The summed E-state index contributed by atoms with van der Waals surface area (Å²) < 4.78 is 9.92. The van der Waals surface area contributed by atoms with Crippen molar-refractivity contribution in [2.45, 2.75) is 211 Å². The molecule has 0 saturated carbocycles. The molecule has 0 aliphatic carbocycles. The van der Waals surface area contributed by atoms with Crippen molar-refractivity contribution in [3.63, 3.8) is 0 Å². The van der Waals surface area contributed by atoms with E-state index in [4.69, 9.17) is 29.9 Å². The van der Waals surface area contributed by atoms with Crippen LogP contribution in [0.15, 0.2) is 121 Å². The molecule has 108 heavy (non-hydrogen) atoms. The van der Waals surface area contributed by atoms with Crippen LogP contribution in [0.5, 0.6) is 0 Å². The van der Waals surface area contributed by atoms with Gasteiger partial charge < -0.3 is 55.0 Å². The van der Waals surface area contributed by atoms with E-state index in [0.29, 0.717) is 67.3 Å². The third-order valence-electron chi connectivity index (χ3n) is 17.1. The average Bonchev–Trinajstić information content (AvgIpc) is 0.891. The SMILES string of the molecule is C=C(C)C(=O)OCCCC(=O)CN(CC(=O)O)Cc1ccc(C(C)CC)cc1.C=C(C)C(=O)OCCCC(=O)CN(CC(=O)O)Cc1ccc(C(C)CC)cc1.CCC(C)C(=O)NC(C)C.CCC(C)c1ccc(CN(CC(=O)O)CC(=O)O)cc1.CCC(C)c1ccc(CN(CC(=O)[O-])CC(=O)[O-])cc1.[Na+].[Na+]. The van der Waals surface area contributed by atoms with Gasteiger partial charge in [-0.15, -0.1) is 0 Å². The van der Waals surface area contributed by atoms with Gasteiger partial charge in [0.05, 0.1) is 64.4 Å².